The molecule has 2 aliphatic heterocycles. The molecule has 6 nitrogen and oxygen atoms in total. The summed E-state index contributed by atoms with van der Waals surface area (Å²) in [4.78, 5) is 21.2. The summed E-state index contributed by atoms with van der Waals surface area (Å²) in [5.74, 6) is 0.352. The minimum Gasteiger partial charge on any atom is -0.491 e. The number of morpholine rings is 1. The summed E-state index contributed by atoms with van der Waals surface area (Å²) in [5, 5.41) is 0. The lowest BCUT2D eigenvalue weighted by Gasteiger charge is -2.42. The Bertz CT molecular complexity index is 795. The third-order valence-corrected chi connectivity index (χ3v) is 5.52. The van der Waals surface area contributed by atoms with Gasteiger partial charge in [0.15, 0.2) is 0 Å². The van der Waals surface area contributed by atoms with Crippen molar-refractivity contribution in [3.63, 3.8) is 0 Å². The lowest BCUT2D eigenvalue weighted by Crippen LogP contribution is -2.55. The summed E-state index contributed by atoms with van der Waals surface area (Å²) in [6.07, 6.45) is 3.54. The first-order valence-corrected chi connectivity index (χ1v) is 10.1. The van der Waals surface area contributed by atoms with Crippen molar-refractivity contribution in [1.29, 1.82) is 0 Å². The van der Waals surface area contributed by atoms with E-state index in [4.69, 9.17) is 9.47 Å². The van der Waals surface area contributed by atoms with E-state index in [1.807, 2.05) is 29.3 Å². The summed E-state index contributed by atoms with van der Waals surface area (Å²) in [5.41, 5.74) is 1.08. The first-order valence-electron chi connectivity index (χ1n) is 10.1. The molecular weight excluding hydrogens is 373 g/mol. The molecule has 29 heavy (non-hydrogen) atoms. The van der Waals surface area contributed by atoms with Crippen molar-refractivity contribution in [3.8, 4) is 5.75 Å². The number of benzene rings is 1. The Morgan fingerprint density at radius 2 is 1.93 bits per heavy atom. The van der Waals surface area contributed by atoms with Crippen LogP contribution in [0.5, 0.6) is 5.75 Å². The minimum absolute atomic E-state index is 0.0474. The van der Waals surface area contributed by atoms with Crippen LogP contribution >= 0.6 is 0 Å². The molecule has 154 valence electrons. The molecule has 0 bridgehead atoms. The molecule has 2 fully saturated rings. The van der Waals surface area contributed by atoms with Crippen molar-refractivity contribution >= 4 is 5.91 Å². The number of amides is 1. The fraction of sp³-hybridized carbons (Fsp3) is 0.455. The third-order valence-electron chi connectivity index (χ3n) is 5.52. The molecular formula is C22H26FN3O3. The van der Waals surface area contributed by atoms with Gasteiger partial charge in [-0.2, -0.15) is 0 Å². The van der Waals surface area contributed by atoms with Gasteiger partial charge in [-0.05, 0) is 49.2 Å². The summed E-state index contributed by atoms with van der Waals surface area (Å²) < 4.78 is 24.4. The summed E-state index contributed by atoms with van der Waals surface area (Å²) >= 11 is 0. The van der Waals surface area contributed by atoms with Crippen LogP contribution in [0.2, 0.25) is 0 Å². The highest BCUT2D eigenvalue weighted by molar-refractivity contribution is 5.78. The molecule has 0 aliphatic carbocycles. The number of piperidine rings is 1. The van der Waals surface area contributed by atoms with Crippen LogP contribution in [0.4, 0.5) is 4.39 Å². The van der Waals surface area contributed by atoms with E-state index in [9.17, 15) is 9.18 Å². The fourth-order valence-electron chi connectivity index (χ4n) is 3.93. The van der Waals surface area contributed by atoms with E-state index in [1.165, 1.54) is 12.1 Å². The molecule has 7 heteroatoms. The molecule has 4 rings (SSSR count). The molecule has 1 atom stereocenters. The van der Waals surface area contributed by atoms with E-state index >= 15 is 0 Å². The van der Waals surface area contributed by atoms with Gasteiger partial charge in [-0.15, -0.1) is 0 Å². The average Bonchev–Trinajstić information content (AvgIpc) is 2.76. The van der Waals surface area contributed by atoms with E-state index < -0.39 is 0 Å². The maximum absolute atomic E-state index is 13.0. The van der Waals surface area contributed by atoms with Gasteiger partial charge < -0.3 is 14.4 Å². The Balaban J connectivity index is 1.26. The standard InChI is InChI=1S/C22H26FN3O3/c23-17-4-6-20(7-5-17)28-15-21-14-26(22(27)16-29-21)19-8-11-25(12-9-19)13-18-3-1-2-10-24-18/h1-7,10,19,21H,8-9,11-16H2. The number of ether oxygens (including phenoxy) is 2. The smallest absolute Gasteiger partial charge is 0.248 e. The zero-order valence-electron chi connectivity index (χ0n) is 16.4. The van der Waals surface area contributed by atoms with Crippen LogP contribution in [-0.4, -0.2) is 65.7 Å². The second kappa shape index (κ2) is 9.33. The first-order chi connectivity index (χ1) is 14.2. The molecule has 1 amide bonds. The van der Waals surface area contributed by atoms with Crippen LogP contribution in [-0.2, 0) is 16.1 Å². The van der Waals surface area contributed by atoms with Crippen LogP contribution < -0.4 is 4.74 Å². The summed E-state index contributed by atoms with van der Waals surface area (Å²) in [7, 11) is 0. The van der Waals surface area contributed by atoms with Crippen LogP contribution in [0, 0.1) is 5.82 Å². The lowest BCUT2D eigenvalue weighted by atomic mass is 10.0. The molecule has 2 aliphatic rings. The van der Waals surface area contributed by atoms with E-state index in [-0.39, 0.29) is 30.5 Å². The zero-order chi connectivity index (χ0) is 20.1. The third kappa shape index (κ3) is 5.31. The van der Waals surface area contributed by atoms with Gasteiger partial charge in [0.05, 0.1) is 12.2 Å². The van der Waals surface area contributed by atoms with Crippen molar-refractivity contribution < 1.29 is 18.7 Å². The number of pyridine rings is 1. The van der Waals surface area contributed by atoms with Crippen LogP contribution in [0.15, 0.2) is 48.7 Å². The van der Waals surface area contributed by atoms with Crippen LogP contribution in [0.25, 0.3) is 0 Å². The quantitative estimate of drug-likeness (QED) is 0.747. The number of aromatic nitrogens is 1. The number of carbonyl (C=O) groups excluding carboxylic acids is 1. The van der Waals surface area contributed by atoms with Crippen molar-refractivity contribution in [2.24, 2.45) is 0 Å². The van der Waals surface area contributed by atoms with Gasteiger partial charge >= 0.3 is 0 Å². The Morgan fingerprint density at radius 1 is 1.14 bits per heavy atom. The fourth-order valence-corrected chi connectivity index (χ4v) is 3.93. The lowest BCUT2D eigenvalue weighted by molar-refractivity contribution is -0.155. The largest absolute Gasteiger partial charge is 0.491 e. The second-order valence-electron chi connectivity index (χ2n) is 7.57. The number of likely N-dealkylation sites (tertiary alicyclic amines) is 1. The van der Waals surface area contributed by atoms with E-state index in [0.717, 1.165) is 38.2 Å². The Hall–Kier alpha value is -2.51. The highest BCUT2D eigenvalue weighted by atomic mass is 19.1. The Labute approximate surface area is 170 Å². The first kappa shape index (κ1) is 19.8. The molecule has 0 radical (unpaired) electrons. The van der Waals surface area contributed by atoms with Crippen molar-refractivity contribution in [3.05, 3.63) is 60.2 Å². The molecule has 0 spiro atoms. The molecule has 1 aromatic heterocycles. The SMILES string of the molecule is O=C1COC(COc2ccc(F)cc2)CN1C1CCN(Cc2ccccn2)CC1. The van der Waals surface area contributed by atoms with E-state index in [0.29, 0.717) is 18.9 Å². The highest BCUT2D eigenvalue weighted by Crippen LogP contribution is 2.22. The number of hydrogen-bond donors (Lipinski definition) is 0. The van der Waals surface area contributed by atoms with Gasteiger partial charge in [-0.25, -0.2) is 4.39 Å². The van der Waals surface area contributed by atoms with Gasteiger partial charge in [0, 0.05) is 31.9 Å². The monoisotopic (exact) mass is 399 g/mol. The molecule has 1 aromatic carbocycles. The Kier molecular flexibility index (Phi) is 6.36. The summed E-state index contributed by atoms with van der Waals surface area (Å²) in [6.45, 7) is 3.70. The molecule has 1 unspecified atom stereocenters. The molecule has 0 N–H and O–H groups in total. The zero-order valence-corrected chi connectivity index (χ0v) is 16.4. The Morgan fingerprint density at radius 3 is 2.66 bits per heavy atom. The maximum atomic E-state index is 13.0. The second-order valence-corrected chi connectivity index (χ2v) is 7.57. The van der Waals surface area contributed by atoms with Crippen molar-refractivity contribution in [1.82, 2.24) is 14.8 Å². The van der Waals surface area contributed by atoms with Crippen molar-refractivity contribution in [2.45, 2.75) is 31.5 Å². The highest BCUT2D eigenvalue weighted by Gasteiger charge is 2.33. The van der Waals surface area contributed by atoms with Crippen molar-refractivity contribution in [2.75, 3.05) is 32.8 Å². The average molecular weight is 399 g/mol. The predicted octanol–water partition coefficient (Wildman–Crippen LogP) is 2.49. The van der Waals surface area contributed by atoms with Gasteiger partial charge in [-0.3, -0.25) is 14.7 Å². The predicted molar refractivity (Wildman–Crippen MR) is 106 cm³/mol. The number of nitrogens with zero attached hydrogens (tertiary/aromatic N) is 3. The number of rotatable bonds is 6. The number of hydrogen-bond acceptors (Lipinski definition) is 5. The van der Waals surface area contributed by atoms with Gasteiger partial charge in [-0.1, -0.05) is 6.07 Å². The maximum Gasteiger partial charge on any atom is 0.248 e. The van der Waals surface area contributed by atoms with E-state index in [1.54, 1.807) is 12.1 Å². The summed E-state index contributed by atoms with van der Waals surface area (Å²) in [6, 6.07) is 12.1. The number of halogens is 1. The van der Waals surface area contributed by atoms with Gasteiger partial charge in [0.1, 0.15) is 30.9 Å². The molecule has 0 saturated carbocycles. The molecule has 2 saturated heterocycles. The normalized spacial score (nSPS) is 21.3. The van der Waals surface area contributed by atoms with Crippen LogP contribution in [0.3, 0.4) is 0 Å². The topological polar surface area (TPSA) is 54.9 Å². The van der Waals surface area contributed by atoms with Crippen LogP contribution in [0.1, 0.15) is 18.5 Å². The molecule has 3 heterocycles. The minimum atomic E-state index is -0.294. The molecule has 2 aromatic rings. The number of carbonyl (C=O) groups is 1. The van der Waals surface area contributed by atoms with Gasteiger partial charge in [0.2, 0.25) is 5.91 Å². The van der Waals surface area contributed by atoms with E-state index in [2.05, 4.69) is 9.88 Å². The van der Waals surface area contributed by atoms with Gasteiger partial charge in [0.25, 0.3) is 0 Å².